The molecule has 0 radical (unpaired) electrons. The first-order valence-corrected chi connectivity index (χ1v) is 5.32. The van der Waals surface area contributed by atoms with Crippen LogP contribution < -0.4 is 5.73 Å². The van der Waals surface area contributed by atoms with E-state index in [1.165, 1.54) is 12.8 Å². The molecule has 0 atom stereocenters. The van der Waals surface area contributed by atoms with Crippen LogP contribution >= 0.6 is 0 Å². The van der Waals surface area contributed by atoms with Crippen molar-refractivity contribution in [3.8, 4) is 0 Å². The highest BCUT2D eigenvalue weighted by Gasteiger charge is 2.21. The van der Waals surface area contributed by atoms with Crippen molar-refractivity contribution in [3.05, 3.63) is 18.2 Å². The summed E-state index contributed by atoms with van der Waals surface area (Å²) in [5.41, 5.74) is 5.53. The van der Waals surface area contributed by atoms with Gasteiger partial charge in [-0.2, -0.15) is 0 Å². The van der Waals surface area contributed by atoms with Gasteiger partial charge in [-0.3, -0.25) is 0 Å². The van der Waals surface area contributed by atoms with Crippen LogP contribution in [0.2, 0.25) is 0 Å². The summed E-state index contributed by atoms with van der Waals surface area (Å²) in [5, 5.41) is 0. The third-order valence-corrected chi connectivity index (χ3v) is 2.94. The van der Waals surface area contributed by atoms with Gasteiger partial charge in [-0.25, -0.2) is 4.98 Å². The Morgan fingerprint density at radius 2 is 2.29 bits per heavy atom. The number of aromatic nitrogens is 2. The molecule has 4 heteroatoms. The SMILES string of the molecule is NCCN1CCC(c2ncc[nH]2)CC1. The molecule has 1 saturated heterocycles. The molecular formula is C10H18N4. The van der Waals surface area contributed by atoms with E-state index in [0.29, 0.717) is 5.92 Å². The zero-order valence-electron chi connectivity index (χ0n) is 8.45. The van der Waals surface area contributed by atoms with E-state index >= 15 is 0 Å². The summed E-state index contributed by atoms with van der Waals surface area (Å²) in [6.07, 6.45) is 6.14. The normalized spacial score (nSPS) is 20.1. The monoisotopic (exact) mass is 194 g/mol. The van der Waals surface area contributed by atoms with Crippen molar-refractivity contribution in [2.24, 2.45) is 5.73 Å². The summed E-state index contributed by atoms with van der Waals surface area (Å²) in [5.74, 6) is 1.77. The standard InChI is InChI=1S/C10H18N4/c11-3-8-14-6-1-9(2-7-14)10-12-4-5-13-10/h4-5,9H,1-3,6-8,11H2,(H,12,13). The highest BCUT2D eigenvalue weighted by atomic mass is 15.1. The second-order valence-corrected chi connectivity index (χ2v) is 3.88. The molecule has 14 heavy (non-hydrogen) atoms. The Kier molecular flexibility index (Phi) is 3.16. The van der Waals surface area contributed by atoms with E-state index < -0.39 is 0 Å². The first kappa shape index (κ1) is 9.68. The lowest BCUT2D eigenvalue weighted by Crippen LogP contribution is -2.36. The fraction of sp³-hybridized carbons (Fsp3) is 0.700. The molecular weight excluding hydrogens is 176 g/mol. The largest absolute Gasteiger partial charge is 0.348 e. The van der Waals surface area contributed by atoms with Crippen LogP contribution in [0, 0.1) is 0 Å². The minimum absolute atomic E-state index is 0.624. The molecule has 2 heterocycles. The first-order chi connectivity index (χ1) is 6.90. The number of imidazole rings is 1. The summed E-state index contributed by atoms with van der Waals surface area (Å²) >= 11 is 0. The second kappa shape index (κ2) is 4.57. The second-order valence-electron chi connectivity index (χ2n) is 3.88. The number of piperidine rings is 1. The van der Waals surface area contributed by atoms with Gasteiger partial charge in [-0.05, 0) is 25.9 Å². The van der Waals surface area contributed by atoms with E-state index in [4.69, 9.17) is 5.73 Å². The Labute approximate surface area is 84.5 Å². The maximum absolute atomic E-state index is 5.53. The summed E-state index contributed by atoms with van der Waals surface area (Å²) in [6, 6.07) is 0. The zero-order valence-corrected chi connectivity index (χ0v) is 8.45. The van der Waals surface area contributed by atoms with Crippen molar-refractivity contribution in [2.75, 3.05) is 26.2 Å². The molecule has 0 spiro atoms. The van der Waals surface area contributed by atoms with Crippen LogP contribution in [-0.4, -0.2) is 41.0 Å². The molecule has 1 aromatic heterocycles. The third-order valence-electron chi connectivity index (χ3n) is 2.94. The number of likely N-dealkylation sites (tertiary alicyclic amines) is 1. The Hall–Kier alpha value is -0.870. The van der Waals surface area contributed by atoms with Crippen LogP contribution in [0.15, 0.2) is 12.4 Å². The lowest BCUT2D eigenvalue weighted by molar-refractivity contribution is 0.215. The van der Waals surface area contributed by atoms with Gasteiger partial charge in [0.2, 0.25) is 0 Å². The van der Waals surface area contributed by atoms with Crippen molar-refractivity contribution in [1.82, 2.24) is 14.9 Å². The number of hydrogen-bond donors (Lipinski definition) is 2. The molecule has 0 bridgehead atoms. The van der Waals surface area contributed by atoms with E-state index in [1.54, 1.807) is 0 Å². The molecule has 0 aromatic carbocycles. The number of hydrogen-bond acceptors (Lipinski definition) is 3. The first-order valence-electron chi connectivity index (χ1n) is 5.32. The highest BCUT2D eigenvalue weighted by Crippen LogP contribution is 2.24. The van der Waals surface area contributed by atoms with Crippen LogP contribution in [0.5, 0.6) is 0 Å². The third kappa shape index (κ3) is 2.13. The van der Waals surface area contributed by atoms with Gasteiger partial charge in [0, 0.05) is 31.4 Å². The van der Waals surface area contributed by atoms with Crippen LogP contribution in [0.25, 0.3) is 0 Å². The Balaban J connectivity index is 1.84. The molecule has 1 aromatic rings. The molecule has 1 aliphatic heterocycles. The van der Waals surface area contributed by atoms with Gasteiger partial charge in [-0.1, -0.05) is 0 Å². The number of rotatable bonds is 3. The molecule has 0 saturated carbocycles. The van der Waals surface area contributed by atoms with E-state index in [9.17, 15) is 0 Å². The minimum Gasteiger partial charge on any atom is -0.348 e. The Morgan fingerprint density at radius 3 is 2.86 bits per heavy atom. The Bertz CT molecular complexity index is 249. The van der Waals surface area contributed by atoms with Gasteiger partial charge in [0.25, 0.3) is 0 Å². The molecule has 3 N–H and O–H groups in total. The number of aromatic amines is 1. The van der Waals surface area contributed by atoms with Gasteiger partial charge in [0.15, 0.2) is 0 Å². The van der Waals surface area contributed by atoms with Crippen molar-refractivity contribution < 1.29 is 0 Å². The van der Waals surface area contributed by atoms with Crippen LogP contribution in [0.4, 0.5) is 0 Å². The lowest BCUT2D eigenvalue weighted by Gasteiger charge is -2.30. The molecule has 0 aliphatic carbocycles. The quantitative estimate of drug-likeness (QED) is 0.738. The number of nitrogens with zero attached hydrogens (tertiary/aromatic N) is 2. The fourth-order valence-electron chi connectivity index (χ4n) is 2.11. The number of H-pyrrole nitrogens is 1. The zero-order chi connectivity index (χ0) is 9.80. The molecule has 78 valence electrons. The van der Waals surface area contributed by atoms with Crippen LogP contribution in [0.3, 0.4) is 0 Å². The van der Waals surface area contributed by atoms with Crippen molar-refractivity contribution in [3.63, 3.8) is 0 Å². The summed E-state index contributed by atoms with van der Waals surface area (Å²) in [7, 11) is 0. The van der Waals surface area contributed by atoms with Crippen molar-refractivity contribution >= 4 is 0 Å². The topological polar surface area (TPSA) is 57.9 Å². The molecule has 0 amide bonds. The van der Waals surface area contributed by atoms with Gasteiger partial charge >= 0.3 is 0 Å². The van der Waals surface area contributed by atoms with Crippen LogP contribution in [0.1, 0.15) is 24.6 Å². The van der Waals surface area contributed by atoms with E-state index in [1.807, 2.05) is 12.4 Å². The molecule has 0 unspecified atom stereocenters. The maximum atomic E-state index is 5.53. The Morgan fingerprint density at radius 1 is 1.50 bits per heavy atom. The van der Waals surface area contributed by atoms with Crippen molar-refractivity contribution in [1.29, 1.82) is 0 Å². The van der Waals surface area contributed by atoms with Gasteiger partial charge < -0.3 is 15.6 Å². The van der Waals surface area contributed by atoms with Crippen LogP contribution in [-0.2, 0) is 0 Å². The highest BCUT2D eigenvalue weighted by molar-refractivity contribution is 4.98. The average Bonchev–Trinajstić information content (AvgIpc) is 2.72. The number of nitrogens with one attached hydrogen (secondary N) is 1. The molecule has 1 aliphatic rings. The number of nitrogens with two attached hydrogens (primary N) is 1. The molecule has 1 fully saturated rings. The van der Waals surface area contributed by atoms with E-state index in [-0.39, 0.29) is 0 Å². The lowest BCUT2D eigenvalue weighted by atomic mass is 9.96. The van der Waals surface area contributed by atoms with Crippen molar-refractivity contribution in [2.45, 2.75) is 18.8 Å². The van der Waals surface area contributed by atoms with E-state index in [2.05, 4.69) is 14.9 Å². The summed E-state index contributed by atoms with van der Waals surface area (Å²) in [6.45, 7) is 4.11. The van der Waals surface area contributed by atoms with Gasteiger partial charge in [-0.15, -0.1) is 0 Å². The average molecular weight is 194 g/mol. The molecule has 4 nitrogen and oxygen atoms in total. The van der Waals surface area contributed by atoms with Gasteiger partial charge in [0.05, 0.1) is 0 Å². The molecule has 2 rings (SSSR count). The van der Waals surface area contributed by atoms with Gasteiger partial charge in [0.1, 0.15) is 5.82 Å². The predicted molar refractivity (Wildman–Crippen MR) is 56.1 cm³/mol. The summed E-state index contributed by atoms with van der Waals surface area (Å²) in [4.78, 5) is 9.94. The fourth-order valence-corrected chi connectivity index (χ4v) is 2.11. The summed E-state index contributed by atoms with van der Waals surface area (Å²) < 4.78 is 0. The maximum Gasteiger partial charge on any atom is 0.109 e. The smallest absolute Gasteiger partial charge is 0.109 e. The minimum atomic E-state index is 0.624. The van der Waals surface area contributed by atoms with E-state index in [0.717, 1.165) is 32.0 Å². The predicted octanol–water partition coefficient (Wildman–Crippen LogP) is 0.548.